The standard InChI is InChI=1S/C23H25F3N2O4S/c1-23(2,30)22(29)28-18-11-17(18)21(27-33(3,31)32)19(28)9-12-5-4-6-16(20(12)26)13-7-14(24)10-15(25)8-13/h4-8,10,17-19,21,27,30H,9,11H2,1-3H3/t17-,18+,19+,21+/m1/s1. The predicted molar refractivity (Wildman–Crippen MR) is 116 cm³/mol. The summed E-state index contributed by atoms with van der Waals surface area (Å²) >= 11 is 0. The van der Waals surface area contributed by atoms with Crippen LogP contribution in [0.15, 0.2) is 36.4 Å². The van der Waals surface area contributed by atoms with Gasteiger partial charge in [-0.05, 0) is 55.9 Å². The number of carbonyl (C=O) groups excluding carboxylic acids is 1. The van der Waals surface area contributed by atoms with Crippen LogP contribution in [0.1, 0.15) is 25.8 Å². The molecule has 1 aliphatic carbocycles. The molecular weight excluding hydrogens is 457 g/mol. The Bertz CT molecular complexity index is 1190. The van der Waals surface area contributed by atoms with Crippen molar-refractivity contribution < 1.29 is 31.5 Å². The molecule has 2 aliphatic rings. The number of carbonyl (C=O) groups is 1. The molecule has 2 fully saturated rings. The Hall–Kier alpha value is -2.43. The molecule has 1 heterocycles. The van der Waals surface area contributed by atoms with Crippen molar-refractivity contribution in [2.45, 2.75) is 50.4 Å². The Kier molecular flexibility index (Phi) is 5.83. The number of likely N-dealkylation sites (tertiary alicyclic amines) is 1. The van der Waals surface area contributed by atoms with Gasteiger partial charge in [0.1, 0.15) is 23.1 Å². The molecule has 0 aromatic heterocycles. The summed E-state index contributed by atoms with van der Waals surface area (Å²) in [6.07, 6.45) is 1.55. The molecule has 0 spiro atoms. The van der Waals surface area contributed by atoms with Crippen molar-refractivity contribution in [2.75, 3.05) is 6.26 Å². The number of hydrogen-bond acceptors (Lipinski definition) is 4. The van der Waals surface area contributed by atoms with Crippen LogP contribution < -0.4 is 4.72 Å². The Morgan fingerprint density at radius 2 is 1.82 bits per heavy atom. The van der Waals surface area contributed by atoms with E-state index in [1.54, 1.807) is 0 Å². The Morgan fingerprint density at radius 3 is 2.39 bits per heavy atom. The van der Waals surface area contributed by atoms with Crippen molar-refractivity contribution in [3.8, 4) is 11.1 Å². The average Bonchev–Trinajstić information content (AvgIpc) is 3.39. The molecule has 0 unspecified atom stereocenters. The molecule has 4 rings (SSSR count). The summed E-state index contributed by atoms with van der Waals surface area (Å²) < 4.78 is 69.4. The summed E-state index contributed by atoms with van der Waals surface area (Å²) in [6.45, 7) is 2.70. The Balaban J connectivity index is 1.72. The first-order valence-corrected chi connectivity index (χ1v) is 12.4. The molecule has 2 aromatic rings. The quantitative estimate of drug-likeness (QED) is 0.663. The minimum absolute atomic E-state index is 0.0120. The Labute approximate surface area is 190 Å². The van der Waals surface area contributed by atoms with Crippen LogP contribution in [0, 0.1) is 23.4 Å². The number of nitrogens with zero attached hydrogens (tertiary/aromatic N) is 1. The van der Waals surface area contributed by atoms with E-state index >= 15 is 4.39 Å². The molecule has 2 N–H and O–H groups in total. The number of sulfonamides is 1. The molecule has 0 radical (unpaired) electrons. The molecule has 1 aliphatic heterocycles. The largest absolute Gasteiger partial charge is 0.381 e. The number of piperidine rings is 1. The maximum absolute atomic E-state index is 15.5. The third-order valence-corrected chi connectivity index (χ3v) is 6.88. The second-order valence-corrected chi connectivity index (χ2v) is 11.1. The van der Waals surface area contributed by atoms with Crippen LogP contribution in [0.25, 0.3) is 11.1 Å². The molecular formula is C23H25F3N2O4S. The first-order chi connectivity index (χ1) is 15.3. The molecule has 33 heavy (non-hydrogen) atoms. The van der Waals surface area contributed by atoms with Crippen LogP contribution in [-0.2, 0) is 21.2 Å². The first-order valence-electron chi connectivity index (χ1n) is 10.5. The van der Waals surface area contributed by atoms with Crippen LogP contribution in [0.5, 0.6) is 0 Å². The number of nitrogens with one attached hydrogen (secondary N) is 1. The zero-order chi connectivity index (χ0) is 24.3. The number of rotatable bonds is 6. The fourth-order valence-electron chi connectivity index (χ4n) is 4.76. The van der Waals surface area contributed by atoms with E-state index in [1.807, 2.05) is 0 Å². The normalized spacial score (nSPS) is 24.6. The lowest BCUT2D eigenvalue weighted by molar-refractivity contribution is -0.150. The minimum atomic E-state index is -3.62. The van der Waals surface area contributed by atoms with Crippen molar-refractivity contribution in [1.82, 2.24) is 9.62 Å². The van der Waals surface area contributed by atoms with Gasteiger partial charge in [0.05, 0.1) is 12.3 Å². The molecule has 4 atom stereocenters. The maximum atomic E-state index is 15.5. The van der Waals surface area contributed by atoms with E-state index in [9.17, 15) is 27.1 Å². The molecule has 2 aromatic carbocycles. The monoisotopic (exact) mass is 482 g/mol. The topological polar surface area (TPSA) is 86.7 Å². The highest BCUT2D eigenvalue weighted by Crippen LogP contribution is 2.50. The third kappa shape index (κ3) is 4.78. The lowest BCUT2D eigenvalue weighted by atomic mass is 9.94. The lowest BCUT2D eigenvalue weighted by Crippen LogP contribution is -2.55. The SMILES string of the molecule is CC(C)(O)C(=O)N1[C@H]2C[C@H]2[C@H](NS(C)(=O)=O)[C@@H]1Cc1cccc(-c2cc(F)cc(F)c2)c1F. The highest BCUT2D eigenvalue weighted by molar-refractivity contribution is 7.88. The predicted octanol–water partition coefficient (Wildman–Crippen LogP) is 2.60. The van der Waals surface area contributed by atoms with E-state index < -0.39 is 51.1 Å². The molecule has 1 saturated carbocycles. The van der Waals surface area contributed by atoms with Gasteiger partial charge >= 0.3 is 0 Å². The van der Waals surface area contributed by atoms with Gasteiger partial charge in [0.25, 0.3) is 5.91 Å². The van der Waals surface area contributed by atoms with Crippen LogP contribution in [0.4, 0.5) is 13.2 Å². The highest BCUT2D eigenvalue weighted by atomic mass is 32.2. The zero-order valence-electron chi connectivity index (χ0n) is 18.3. The smallest absolute Gasteiger partial charge is 0.254 e. The van der Waals surface area contributed by atoms with E-state index in [1.165, 1.54) is 36.9 Å². The van der Waals surface area contributed by atoms with Gasteiger partial charge in [0, 0.05) is 23.7 Å². The number of hydrogen-bond donors (Lipinski definition) is 2. The van der Waals surface area contributed by atoms with Crippen molar-refractivity contribution in [1.29, 1.82) is 0 Å². The van der Waals surface area contributed by atoms with E-state index in [0.717, 1.165) is 18.4 Å². The van der Waals surface area contributed by atoms with Crippen LogP contribution in [0.3, 0.4) is 0 Å². The van der Waals surface area contributed by atoms with Gasteiger partial charge in [-0.15, -0.1) is 0 Å². The third-order valence-electron chi connectivity index (χ3n) is 6.18. The van der Waals surface area contributed by atoms with Crippen molar-refractivity contribution in [2.24, 2.45) is 5.92 Å². The summed E-state index contributed by atoms with van der Waals surface area (Å²) in [5.41, 5.74) is -1.51. The summed E-state index contributed by atoms with van der Waals surface area (Å²) in [4.78, 5) is 14.4. The molecule has 0 bridgehead atoms. The van der Waals surface area contributed by atoms with Gasteiger partial charge in [0.15, 0.2) is 0 Å². The van der Waals surface area contributed by atoms with Crippen molar-refractivity contribution in [3.05, 3.63) is 59.4 Å². The number of aliphatic hydroxyl groups is 1. The van der Waals surface area contributed by atoms with Crippen molar-refractivity contribution in [3.63, 3.8) is 0 Å². The number of amides is 1. The van der Waals surface area contributed by atoms with E-state index in [0.29, 0.717) is 12.5 Å². The van der Waals surface area contributed by atoms with Gasteiger partial charge in [-0.2, -0.15) is 0 Å². The van der Waals surface area contributed by atoms with Gasteiger partial charge in [0.2, 0.25) is 10.0 Å². The first kappa shape index (κ1) is 23.7. The van der Waals surface area contributed by atoms with E-state index in [2.05, 4.69) is 4.72 Å². The van der Waals surface area contributed by atoms with Gasteiger partial charge in [-0.1, -0.05) is 18.2 Å². The van der Waals surface area contributed by atoms with Gasteiger partial charge in [-0.3, -0.25) is 4.79 Å². The second kappa shape index (κ2) is 8.11. The van der Waals surface area contributed by atoms with Crippen molar-refractivity contribution >= 4 is 15.9 Å². The fourth-order valence-corrected chi connectivity index (χ4v) is 5.59. The maximum Gasteiger partial charge on any atom is 0.254 e. The number of benzene rings is 2. The summed E-state index contributed by atoms with van der Waals surface area (Å²) in [7, 11) is -3.62. The highest BCUT2D eigenvalue weighted by Gasteiger charge is 2.61. The molecule has 6 nitrogen and oxygen atoms in total. The molecule has 10 heteroatoms. The summed E-state index contributed by atoms with van der Waals surface area (Å²) in [5.74, 6) is -3.10. The van der Waals surface area contributed by atoms with Gasteiger partial charge < -0.3 is 10.0 Å². The number of fused-ring (bicyclic) bond motifs is 1. The summed E-state index contributed by atoms with van der Waals surface area (Å²) in [5, 5.41) is 10.3. The average molecular weight is 483 g/mol. The van der Waals surface area contributed by atoms with Crippen LogP contribution in [0.2, 0.25) is 0 Å². The second-order valence-electron chi connectivity index (χ2n) is 9.36. The lowest BCUT2D eigenvalue weighted by Gasteiger charge is -2.35. The molecule has 178 valence electrons. The fraction of sp³-hybridized carbons (Fsp3) is 0.435. The number of halogens is 3. The molecule has 1 amide bonds. The zero-order valence-corrected chi connectivity index (χ0v) is 19.2. The minimum Gasteiger partial charge on any atom is -0.381 e. The van der Waals surface area contributed by atoms with Crippen LogP contribution >= 0.6 is 0 Å². The van der Waals surface area contributed by atoms with E-state index in [4.69, 9.17) is 0 Å². The van der Waals surface area contributed by atoms with E-state index in [-0.39, 0.29) is 35.1 Å². The molecule has 1 saturated heterocycles. The summed E-state index contributed by atoms with van der Waals surface area (Å²) in [6, 6.07) is 5.51. The van der Waals surface area contributed by atoms with Crippen LogP contribution in [-0.4, -0.2) is 54.3 Å². The van der Waals surface area contributed by atoms with Gasteiger partial charge in [-0.25, -0.2) is 26.3 Å². The Morgan fingerprint density at radius 1 is 1.18 bits per heavy atom.